The van der Waals surface area contributed by atoms with Gasteiger partial charge in [0.15, 0.2) is 0 Å². The minimum Gasteiger partial charge on any atom is -0.460 e. The molecule has 1 amide bonds. The van der Waals surface area contributed by atoms with Crippen LogP contribution in [0.2, 0.25) is 0 Å². The Hall–Kier alpha value is -2.04. The van der Waals surface area contributed by atoms with Gasteiger partial charge in [-0.2, -0.15) is 0 Å². The minimum atomic E-state index is -0.608. The van der Waals surface area contributed by atoms with Gasteiger partial charge >= 0.3 is 5.97 Å². The molecule has 0 bridgehead atoms. The molecule has 1 unspecified atom stereocenters. The van der Waals surface area contributed by atoms with Gasteiger partial charge in [0.05, 0.1) is 11.3 Å². The number of carbonyl (C=O) groups is 2. The first-order valence-corrected chi connectivity index (χ1v) is 9.34. The number of ether oxygens (including phenoxy) is 1. The van der Waals surface area contributed by atoms with Crippen LogP contribution in [0.4, 0.5) is 5.69 Å². The smallest absolute Gasteiger partial charge is 0.312 e. The summed E-state index contributed by atoms with van der Waals surface area (Å²) >= 11 is 0. The maximum atomic E-state index is 12.5. The third-order valence-electron chi connectivity index (χ3n) is 4.70. The lowest BCUT2D eigenvalue weighted by atomic mass is 9.85. The van der Waals surface area contributed by atoms with Crippen molar-refractivity contribution in [2.24, 2.45) is 17.1 Å². The van der Waals surface area contributed by atoms with Crippen molar-refractivity contribution in [3.8, 4) is 0 Å². The summed E-state index contributed by atoms with van der Waals surface area (Å²) in [4.78, 5) is 26.2. The Morgan fingerprint density at radius 3 is 2.54 bits per heavy atom. The predicted octanol–water partition coefficient (Wildman–Crippen LogP) is 3.30. The molecule has 1 saturated heterocycles. The average Bonchev–Trinajstić information content (AvgIpc) is 2.53. The summed E-state index contributed by atoms with van der Waals surface area (Å²) in [7, 11) is 0. The second-order valence-electron chi connectivity index (χ2n) is 8.92. The Kier molecular flexibility index (Phi) is 5.99. The van der Waals surface area contributed by atoms with Gasteiger partial charge in [-0.3, -0.25) is 9.59 Å². The Morgan fingerprint density at radius 2 is 1.92 bits per heavy atom. The molecule has 0 aliphatic carbocycles. The molecule has 1 fully saturated rings. The Labute approximate surface area is 156 Å². The van der Waals surface area contributed by atoms with Crippen LogP contribution in [-0.4, -0.2) is 30.6 Å². The zero-order chi connectivity index (χ0) is 19.5. The van der Waals surface area contributed by atoms with E-state index in [0.29, 0.717) is 13.0 Å². The van der Waals surface area contributed by atoms with Crippen molar-refractivity contribution >= 4 is 17.6 Å². The molecule has 2 rings (SSSR count). The fourth-order valence-electron chi connectivity index (χ4n) is 3.31. The number of nitrogens with zero attached hydrogens (tertiary/aromatic N) is 1. The van der Waals surface area contributed by atoms with Gasteiger partial charge in [-0.25, -0.2) is 0 Å². The standard InChI is InChI=1S/C21H32N2O3/c1-20(2,3)26-19(25)21(4,5)13-15-8-6-10-17(12-15)23-11-7-9-16(14-23)18(22)24/h6,8,10,12,16H,7,9,11,13-14H2,1-5H3,(H2,22,24). The largest absolute Gasteiger partial charge is 0.460 e. The van der Waals surface area contributed by atoms with Crippen LogP contribution in [0, 0.1) is 11.3 Å². The van der Waals surface area contributed by atoms with Crippen molar-refractivity contribution in [2.75, 3.05) is 18.0 Å². The molecular formula is C21H32N2O3. The summed E-state index contributed by atoms with van der Waals surface area (Å²) in [5.74, 6) is -0.510. The minimum absolute atomic E-state index is 0.0920. The van der Waals surface area contributed by atoms with Crippen LogP contribution in [0.25, 0.3) is 0 Å². The van der Waals surface area contributed by atoms with Gasteiger partial charge < -0.3 is 15.4 Å². The zero-order valence-corrected chi connectivity index (χ0v) is 16.7. The van der Waals surface area contributed by atoms with Crippen LogP contribution in [0.15, 0.2) is 24.3 Å². The first-order chi connectivity index (χ1) is 12.0. The van der Waals surface area contributed by atoms with Gasteiger partial charge in [0.25, 0.3) is 0 Å². The summed E-state index contributed by atoms with van der Waals surface area (Å²) < 4.78 is 5.56. The molecular weight excluding hydrogens is 328 g/mol. The molecule has 0 saturated carbocycles. The van der Waals surface area contributed by atoms with Crippen molar-refractivity contribution in [1.29, 1.82) is 0 Å². The molecule has 1 aliphatic heterocycles. The molecule has 2 N–H and O–H groups in total. The fraction of sp³-hybridized carbons (Fsp3) is 0.619. The van der Waals surface area contributed by atoms with Crippen LogP contribution < -0.4 is 10.6 Å². The van der Waals surface area contributed by atoms with E-state index in [1.807, 2.05) is 52.8 Å². The van der Waals surface area contributed by atoms with Crippen molar-refractivity contribution in [1.82, 2.24) is 0 Å². The quantitative estimate of drug-likeness (QED) is 0.818. The Bertz CT molecular complexity index is 661. The van der Waals surface area contributed by atoms with Crippen LogP contribution >= 0.6 is 0 Å². The number of nitrogens with two attached hydrogens (primary N) is 1. The lowest BCUT2D eigenvalue weighted by Gasteiger charge is -2.33. The molecule has 1 aliphatic rings. The highest BCUT2D eigenvalue weighted by atomic mass is 16.6. The Balaban J connectivity index is 2.11. The molecule has 0 spiro atoms. The highest BCUT2D eigenvalue weighted by molar-refractivity contribution is 5.78. The lowest BCUT2D eigenvalue weighted by molar-refractivity contribution is -0.165. The monoisotopic (exact) mass is 360 g/mol. The lowest BCUT2D eigenvalue weighted by Crippen LogP contribution is -2.41. The highest BCUT2D eigenvalue weighted by Gasteiger charge is 2.33. The third kappa shape index (κ3) is 5.48. The maximum Gasteiger partial charge on any atom is 0.312 e. The fourth-order valence-corrected chi connectivity index (χ4v) is 3.31. The van der Waals surface area contributed by atoms with Gasteiger partial charge in [0.1, 0.15) is 5.60 Å². The number of piperidine rings is 1. The average molecular weight is 360 g/mol. The van der Waals surface area contributed by atoms with Gasteiger partial charge in [-0.15, -0.1) is 0 Å². The zero-order valence-electron chi connectivity index (χ0n) is 16.7. The third-order valence-corrected chi connectivity index (χ3v) is 4.70. The summed E-state index contributed by atoms with van der Waals surface area (Å²) in [5, 5.41) is 0. The molecule has 5 heteroatoms. The van der Waals surface area contributed by atoms with E-state index in [-0.39, 0.29) is 17.8 Å². The molecule has 1 aromatic rings. The molecule has 1 atom stereocenters. The van der Waals surface area contributed by atoms with E-state index in [0.717, 1.165) is 30.6 Å². The number of amides is 1. The van der Waals surface area contributed by atoms with E-state index in [1.165, 1.54) is 0 Å². The second-order valence-corrected chi connectivity index (χ2v) is 8.92. The van der Waals surface area contributed by atoms with Crippen molar-refractivity contribution in [3.05, 3.63) is 29.8 Å². The number of benzene rings is 1. The summed E-state index contributed by atoms with van der Waals surface area (Å²) in [6.45, 7) is 11.1. The topological polar surface area (TPSA) is 72.6 Å². The molecule has 26 heavy (non-hydrogen) atoms. The molecule has 0 aromatic heterocycles. The van der Waals surface area contributed by atoms with E-state index >= 15 is 0 Å². The number of hydrogen-bond donors (Lipinski definition) is 1. The van der Waals surface area contributed by atoms with Gasteiger partial charge in [-0.1, -0.05) is 12.1 Å². The SMILES string of the molecule is CC(C)(C)OC(=O)C(C)(C)Cc1cccc(N2CCCC(C(N)=O)C2)c1. The second kappa shape index (κ2) is 7.68. The summed E-state index contributed by atoms with van der Waals surface area (Å²) in [6.07, 6.45) is 2.42. The first-order valence-electron chi connectivity index (χ1n) is 9.34. The molecule has 1 heterocycles. The molecule has 1 aromatic carbocycles. The van der Waals surface area contributed by atoms with Crippen LogP contribution in [0.1, 0.15) is 53.0 Å². The molecule has 144 valence electrons. The van der Waals surface area contributed by atoms with Crippen molar-refractivity contribution in [2.45, 2.75) is 59.5 Å². The van der Waals surface area contributed by atoms with E-state index in [2.05, 4.69) is 11.0 Å². The van der Waals surface area contributed by atoms with E-state index in [1.54, 1.807) is 0 Å². The molecule has 5 nitrogen and oxygen atoms in total. The first kappa shape index (κ1) is 20.3. The van der Waals surface area contributed by atoms with Gasteiger partial charge in [0, 0.05) is 18.8 Å². The van der Waals surface area contributed by atoms with Crippen LogP contribution in [0.5, 0.6) is 0 Å². The number of carbonyl (C=O) groups excluding carboxylic acids is 2. The number of rotatable bonds is 5. The van der Waals surface area contributed by atoms with Crippen LogP contribution in [0.3, 0.4) is 0 Å². The normalized spacial score (nSPS) is 18.5. The highest BCUT2D eigenvalue weighted by Crippen LogP contribution is 2.29. The van der Waals surface area contributed by atoms with Gasteiger partial charge in [0.2, 0.25) is 5.91 Å². The van der Waals surface area contributed by atoms with E-state index in [9.17, 15) is 9.59 Å². The predicted molar refractivity (Wildman–Crippen MR) is 104 cm³/mol. The summed E-state index contributed by atoms with van der Waals surface area (Å²) in [6, 6.07) is 8.19. The van der Waals surface area contributed by atoms with Crippen molar-refractivity contribution < 1.29 is 14.3 Å². The number of primary amides is 1. The van der Waals surface area contributed by atoms with Crippen LogP contribution in [-0.2, 0) is 20.7 Å². The maximum absolute atomic E-state index is 12.5. The van der Waals surface area contributed by atoms with E-state index in [4.69, 9.17) is 10.5 Å². The number of esters is 1. The van der Waals surface area contributed by atoms with Gasteiger partial charge in [-0.05, 0) is 71.6 Å². The van der Waals surface area contributed by atoms with E-state index < -0.39 is 11.0 Å². The molecule has 0 radical (unpaired) electrons. The Morgan fingerprint density at radius 1 is 1.23 bits per heavy atom. The number of hydrogen-bond acceptors (Lipinski definition) is 4. The number of anilines is 1. The van der Waals surface area contributed by atoms with Crippen molar-refractivity contribution in [3.63, 3.8) is 0 Å². The summed E-state index contributed by atoms with van der Waals surface area (Å²) in [5.41, 5.74) is 6.55.